The Hall–Kier alpha value is -1.30. The standard InChI is InChI=1S/C18H23N3.HI/c1-19-18(21-16-10-3-4-11-16)20-13-15-9-6-8-14-7-2-5-12-17(14)15;/h2,5-9,12,16H,3-4,10-11,13H2,1H3,(H2,19,20,21);1H. The molecule has 2 aromatic rings. The maximum absolute atomic E-state index is 4.34. The molecule has 0 atom stereocenters. The monoisotopic (exact) mass is 409 g/mol. The summed E-state index contributed by atoms with van der Waals surface area (Å²) in [6.07, 6.45) is 5.18. The number of hydrogen-bond donors (Lipinski definition) is 2. The van der Waals surface area contributed by atoms with Gasteiger partial charge in [-0.15, -0.1) is 24.0 Å². The minimum atomic E-state index is 0. The lowest BCUT2D eigenvalue weighted by Gasteiger charge is -2.17. The molecule has 1 fully saturated rings. The van der Waals surface area contributed by atoms with Gasteiger partial charge in [0, 0.05) is 19.6 Å². The van der Waals surface area contributed by atoms with Crippen molar-refractivity contribution in [2.24, 2.45) is 4.99 Å². The van der Waals surface area contributed by atoms with E-state index < -0.39 is 0 Å². The molecular formula is C18H24IN3. The summed E-state index contributed by atoms with van der Waals surface area (Å²) in [5.41, 5.74) is 1.31. The molecule has 0 saturated heterocycles. The summed E-state index contributed by atoms with van der Waals surface area (Å²) in [5, 5.41) is 9.56. The van der Waals surface area contributed by atoms with Gasteiger partial charge in [0.1, 0.15) is 0 Å². The van der Waals surface area contributed by atoms with Gasteiger partial charge < -0.3 is 10.6 Å². The Morgan fingerprint density at radius 2 is 1.82 bits per heavy atom. The number of rotatable bonds is 3. The summed E-state index contributed by atoms with van der Waals surface area (Å²) < 4.78 is 0. The van der Waals surface area contributed by atoms with Gasteiger partial charge >= 0.3 is 0 Å². The largest absolute Gasteiger partial charge is 0.354 e. The van der Waals surface area contributed by atoms with E-state index in [4.69, 9.17) is 0 Å². The summed E-state index contributed by atoms with van der Waals surface area (Å²) in [6.45, 7) is 0.799. The highest BCUT2D eigenvalue weighted by Gasteiger charge is 2.15. The van der Waals surface area contributed by atoms with E-state index in [0.29, 0.717) is 6.04 Å². The summed E-state index contributed by atoms with van der Waals surface area (Å²) in [5.74, 6) is 0.912. The SMILES string of the molecule is CN=C(NCc1cccc2ccccc12)NC1CCCC1.I. The minimum Gasteiger partial charge on any atom is -0.354 e. The van der Waals surface area contributed by atoms with E-state index in [1.165, 1.54) is 42.0 Å². The quantitative estimate of drug-likeness (QED) is 0.456. The Kier molecular flexibility index (Phi) is 6.49. The Bertz CT molecular complexity index is 628. The summed E-state index contributed by atoms with van der Waals surface area (Å²) in [7, 11) is 1.84. The molecule has 4 heteroatoms. The number of hydrogen-bond acceptors (Lipinski definition) is 1. The van der Waals surface area contributed by atoms with Crippen LogP contribution in [0.2, 0.25) is 0 Å². The Balaban J connectivity index is 0.00000176. The molecule has 118 valence electrons. The highest BCUT2D eigenvalue weighted by atomic mass is 127. The highest BCUT2D eigenvalue weighted by molar-refractivity contribution is 14.0. The van der Waals surface area contributed by atoms with Crippen LogP contribution in [0.25, 0.3) is 10.8 Å². The molecule has 1 aliphatic rings. The highest BCUT2D eigenvalue weighted by Crippen LogP contribution is 2.19. The van der Waals surface area contributed by atoms with Crippen molar-refractivity contribution >= 4 is 40.7 Å². The molecule has 3 rings (SSSR count). The van der Waals surface area contributed by atoms with Crippen LogP contribution in [0.15, 0.2) is 47.5 Å². The van der Waals surface area contributed by atoms with E-state index in [1.54, 1.807) is 0 Å². The second-order valence-electron chi connectivity index (χ2n) is 5.69. The number of fused-ring (bicyclic) bond motifs is 1. The van der Waals surface area contributed by atoms with Crippen molar-refractivity contribution in [1.29, 1.82) is 0 Å². The van der Waals surface area contributed by atoms with Crippen molar-refractivity contribution in [2.45, 2.75) is 38.3 Å². The second-order valence-corrected chi connectivity index (χ2v) is 5.69. The smallest absolute Gasteiger partial charge is 0.191 e. The van der Waals surface area contributed by atoms with Gasteiger partial charge in [-0.05, 0) is 29.2 Å². The number of aliphatic imine (C=N–C) groups is 1. The molecule has 0 bridgehead atoms. The first kappa shape index (κ1) is 17.1. The molecule has 1 aliphatic carbocycles. The van der Waals surface area contributed by atoms with Crippen LogP contribution in [0.3, 0.4) is 0 Å². The van der Waals surface area contributed by atoms with Crippen LogP contribution in [0.5, 0.6) is 0 Å². The minimum absolute atomic E-state index is 0. The molecule has 2 aromatic carbocycles. The Labute approximate surface area is 149 Å². The van der Waals surface area contributed by atoms with Crippen LogP contribution >= 0.6 is 24.0 Å². The maximum atomic E-state index is 4.34. The van der Waals surface area contributed by atoms with E-state index in [-0.39, 0.29) is 24.0 Å². The Morgan fingerprint density at radius 3 is 2.59 bits per heavy atom. The van der Waals surface area contributed by atoms with Crippen LogP contribution in [0.1, 0.15) is 31.2 Å². The number of halogens is 1. The zero-order chi connectivity index (χ0) is 14.5. The second kappa shape index (κ2) is 8.36. The predicted octanol–water partition coefficient (Wildman–Crippen LogP) is 4.07. The first-order valence-electron chi connectivity index (χ1n) is 7.80. The van der Waals surface area contributed by atoms with E-state index in [9.17, 15) is 0 Å². The number of benzene rings is 2. The molecule has 0 spiro atoms. The predicted molar refractivity (Wildman–Crippen MR) is 105 cm³/mol. The first-order chi connectivity index (χ1) is 10.4. The molecule has 3 nitrogen and oxygen atoms in total. The van der Waals surface area contributed by atoms with Crippen molar-refractivity contribution in [3.05, 3.63) is 48.0 Å². The number of nitrogens with zero attached hydrogens (tertiary/aromatic N) is 1. The number of guanidine groups is 1. The molecule has 22 heavy (non-hydrogen) atoms. The van der Waals surface area contributed by atoms with Gasteiger partial charge in [0.05, 0.1) is 0 Å². The lowest BCUT2D eigenvalue weighted by atomic mass is 10.0. The van der Waals surface area contributed by atoms with Crippen LogP contribution in [-0.4, -0.2) is 19.0 Å². The van der Waals surface area contributed by atoms with Crippen molar-refractivity contribution in [1.82, 2.24) is 10.6 Å². The third-order valence-corrected chi connectivity index (χ3v) is 4.25. The van der Waals surface area contributed by atoms with E-state index in [1.807, 2.05) is 7.05 Å². The molecule has 0 amide bonds. The molecule has 1 saturated carbocycles. The lowest BCUT2D eigenvalue weighted by Crippen LogP contribution is -2.41. The molecule has 0 radical (unpaired) electrons. The molecular weight excluding hydrogens is 385 g/mol. The third-order valence-electron chi connectivity index (χ3n) is 4.25. The molecule has 0 aliphatic heterocycles. The zero-order valence-corrected chi connectivity index (χ0v) is 15.3. The average molecular weight is 409 g/mol. The average Bonchev–Trinajstić information content (AvgIpc) is 3.04. The molecule has 2 N–H and O–H groups in total. The Morgan fingerprint density at radius 1 is 1.09 bits per heavy atom. The van der Waals surface area contributed by atoms with Gasteiger partial charge in [0.25, 0.3) is 0 Å². The molecule has 0 heterocycles. The van der Waals surface area contributed by atoms with Crippen molar-refractivity contribution in [3.8, 4) is 0 Å². The van der Waals surface area contributed by atoms with E-state index in [2.05, 4.69) is 58.1 Å². The fourth-order valence-electron chi connectivity index (χ4n) is 3.08. The van der Waals surface area contributed by atoms with Crippen LogP contribution in [0, 0.1) is 0 Å². The topological polar surface area (TPSA) is 36.4 Å². The number of nitrogens with one attached hydrogen (secondary N) is 2. The van der Waals surface area contributed by atoms with E-state index >= 15 is 0 Å². The van der Waals surface area contributed by atoms with Crippen LogP contribution < -0.4 is 10.6 Å². The van der Waals surface area contributed by atoms with Gasteiger partial charge in [0.2, 0.25) is 0 Å². The van der Waals surface area contributed by atoms with Crippen molar-refractivity contribution in [2.75, 3.05) is 7.05 Å². The van der Waals surface area contributed by atoms with Gasteiger partial charge in [0.15, 0.2) is 5.96 Å². The first-order valence-corrected chi connectivity index (χ1v) is 7.80. The van der Waals surface area contributed by atoms with Crippen molar-refractivity contribution in [3.63, 3.8) is 0 Å². The van der Waals surface area contributed by atoms with E-state index in [0.717, 1.165) is 12.5 Å². The normalized spacial score (nSPS) is 15.6. The van der Waals surface area contributed by atoms with Gasteiger partial charge in [-0.25, -0.2) is 0 Å². The van der Waals surface area contributed by atoms with Gasteiger partial charge in [-0.3, -0.25) is 4.99 Å². The third kappa shape index (κ3) is 4.12. The van der Waals surface area contributed by atoms with Gasteiger partial charge in [-0.2, -0.15) is 0 Å². The van der Waals surface area contributed by atoms with Gasteiger partial charge in [-0.1, -0.05) is 55.3 Å². The maximum Gasteiger partial charge on any atom is 0.191 e. The van der Waals surface area contributed by atoms with Crippen LogP contribution in [-0.2, 0) is 6.54 Å². The van der Waals surface area contributed by atoms with Crippen molar-refractivity contribution < 1.29 is 0 Å². The molecule has 0 aromatic heterocycles. The van der Waals surface area contributed by atoms with Crippen LogP contribution in [0.4, 0.5) is 0 Å². The lowest BCUT2D eigenvalue weighted by molar-refractivity contribution is 0.613. The summed E-state index contributed by atoms with van der Waals surface area (Å²) in [4.78, 5) is 4.34. The fourth-order valence-corrected chi connectivity index (χ4v) is 3.08. The molecule has 0 unspecified atom stereocenters. The fraction of sp³-hybridized carbons (Fsp3) is 0.389. The summed E-state index contributed by atoms with van der Waals surface area (Å²) >= 11 is 0. The summed E-state index contributed by atoms with van der Waals surface area (Å²) in [6, 6.07) is 15.6. The zero-order valence-electron chi connectivity index (χ0n) is 13.0.